The molecule has 146 valence electrons. The molecule has 4 rings (SSSR count). The third-order valence-corrected chi connectivity index (χ3v) is 5.52. The van der Waals surface area contributed by atoms with E-state index in [4.69, 9.17) is 0 Å². The molecule has 0 atom stereocenters. The summed E-state index contributed by atoms with van der Waals surface area (Å²) in [5.41, 5.74) is 4.03. The molecule has 1 aliphatic carbocycles. The number of rotatable bonds is 5. The zero-order valence-electron chi connectivity index (χ0n) is 16.3. The van der Waals surface area contributed by atoms with Crippen LogP contribution in [0.4, 0.5) is 10.5 Å². The molecule has 2 amide bonds. The molecule has 1 fully saturated rings. The first-order chi connectivity index (χ1) is 13.7. The monoisotopic (exact) mass is 377 g/mol. The number of para-hydroxylation sites is 1. The fourth-order valence-corrected chi connectivity index (χ4v) is 4.13. The second kappa shape index (κ2) is 8.42. The minimum Gasteiger partial charge on any atom is -0.338 e. The lowest BCUT2D eigenvalue weighted by Gasteiger charge is -2.21. The number of aryl methyl sites for hydroxylation is 1. The Morgan fingerprint density at radius 1 is 1.18 bits per heavy atom. The quantitative estimate of drug-likeness (QED) is 0.693. The number of urea groups is 1. The zero-order valence-corrected chi connectivity index (χ0v) is 16.3. The highest BCUT2D eigenvalue weighted by Gasteiger charge is 2.22. The Balaban J connectivity index is 1.36. The fourth-order valence-electron chi connectivity index (χ4n) is 4.13. The van der Waals surface area contributed by atoms with E-state index in [9.17, 15) is 4.79 Å². The molecule has 3 aromatic rings. The number of hydrogen-bond donors (Lipinski definition) is 2. The van der Waals surface area contributed by atoms with Gasteiger partial charge in [0.25, 0.3) is 0 Å². The van der Waals surface area contributed by atoms with Gasteiger partial charge in [-0.2, -0.15) is 5.10 Å². The first-order valence-electron chi connectivity index (χ1n) is 10.1. The Bertz CT molecular complexity index is 953. The van der Waals surface area contributed by atoms with Gasteiger partial charge < -0.3 is 10.6 Å². The van der Waals surface area contributed by atoms with Crippen molar-refractivity contribution in [1.29, 1.82) is 0 Å². The predicted octanol–water partition coefficient (Wildman–Crippen LogP) is 4.38. The summed E-state index contributed by atoms with van der Waals surface area (Å²) >= 11 is 0. The highest BCUT2D eigenvalue weighted by Crippen LogP contribution is 2.35. The third kappa shape index (κ3) is 4.16. The normalized spacial score (nSPS) is 14.9. The first-order valence-corrected chi connectivity index (χ1v) is 10.1. The standard InChI is InChI=1S/C22H27N5O/c1-27-15-20(21(26-27)17-7-3-2-4-8-17)25-22(28)24-14-12-16-11-13-23-19-10-6-5-9-18(16)19/h5-6,9-11,13,15,17H,2-4,7-8,12,14H2,1H3,(H2,24,25,28). The summed E-state index contributed by atoms with van der Waals surface area (Å²) in [6.07, 6.45) is 10.6. The van der Waals surface area contributed by atoms with Crippen molar-refractivity contribution in [3.8, 4) is 0 Å². The number of aromatic nitrogens is 3. The Morgan fingerprint density at radius 2 is 2.00 bits per heavy atom. The van der Waals surface area contributed by atoms with Crippen LogP contribution in [0.25, 0.3) is 10.9 Å². The number of nitrogens with zero attached hydrogens (tertiary/aromatic N) is 3. The Labute approximate surface area is 165 Å². The Kier molecular flexibility index (Phi) is 5.55. The highest BCUT2D eigenvalue weighted by molar-refractivity contribution is 5.90. The van der Waals surface area contributed by atoms with E-state index in [0.29, 0.717) is 12.5 Å². The van der Waals surface area contributed by atoms with Gasteiger partial charge in [-0.15, -0.1) is 0 Å². The van der Waals surface area contributed by atoms with Crippen LogP contribution in [0, 0.1) is 0 Å². The van der Waals surface area contributed by atoms with Gasteiger partial charge in [0.1, 0.15) is 0 Å². The number of hydrogen-bond acceptors (Lipinski definition) is 3. The molecule has 0 unspecified atom stereocenters. The molecule has 28 heavy (non-hydrogen) atoms. The number of benzene rings is 1. The maximum absolute atomic E-state index is 12.4. The van der Waals surface area contributed by atoms with Crippen molar-refractivity contribution in [3.05, 3.63) is 54.0 Å². The molecule has 0 aliphatic heterocycles. The fraction of sp³-hybridized carbons (Fsp3) is 0.409. The van der Waals surface area contributed by atoms with Crippen LogP contribution in [0.3, 0.4) is 0 Å². The lowest BCUT2D eigenvalue weighted by molar-refractivity contribution is 0.252. The molecule has 0 spiro atoms. The SMILES string of the molecule is Cn1cc(NC(=O)NCCc2ccnc3ccccc23)c(C2CCCCC2)n1. The second-order valence-corrected chi connectivity index (χ2v) is 7.55. The summed E-state index contributed by atoms with van der Waals surface area (Å²) in [5.74, 6) is 0.452. The summed E-state index contributed by atoms with van der Waals surface area (Å²) in [6, 6.07) is 9.93. The van der Waals surface area contributed by atoms with Gasteiger partial charge in [-0.1, -0.05) is 37.5 Å². The second-order valence-electron chi connectivity index (χ2n) is 7.55. The minimum absolute atomic E-state index is 0.177. The largest absolute Gasteiger partial charge is 0.338 e. The highest BCUT2D eigenvalue weighted by atomic mass is 16.2. The molecule has 0 radical (unpaired) electrons. The molecule has 2 aromatic heterocycles. The van der Waals surface area contributed by atoms with E-state index in [0.717, 1.165) is 41.5 Å². The van der Waals surface area contributed by atoms with Gasteiger partial charge in [-0.05, 0) is 37.0 Å². The van der Waals surface area contributed by atoms with Crippen molar-refractivity contribution in [3.63, 3.8) is 0 Å². The summed E-state index contributed by atoms with van der Waals surface area (Å²) in [7, 11) is 1.91. The molecule has 1 aliphatic rings. The number of carbonyl (C=O) groups excluding carboxylic acids is 1. The Morgan fingerprint density at radius 3 is 2.86 bits per heavy atom. The molecule has 0 saturated heterocycles. The zero-order chi connectivity index (χ0) is 19.3. The summed E-state index contributed by atoms with van der Waals surface area (Å²) in [4.78, 5) is 16.8. The van der Waals surface area contributed by atoms with Gasteiger partial charge in [0, 0.05) is 37.3 Å². The van der Waals surface area contributed by atoms with Crippen LogP contribution in [0.5, 0.6) is 0 Å². The van der Waals surface area contributed by atoms with Crippen molar-refractivity contribution >= 4 is 22.6 Å². The van der Waals surface area contributed by atoms with Crippen molar-refractivity contribution in [2.45, 2.75) is 44.4 Å². The molecule has 6 nitrogen and oxygen atoms in total. The number of fused-ring (bicyclic) bond motifs is 1. The molecule has 6 heteroatoms. The molecule has 1 saturated carbocycles. The number of amides is 2. The van der Waals surface area contributed by atoms with Crippen LogP contribution in [0.1, 0.15) is 49.3 Å². The van der Waals surface area contributed by atoms with Gasteiger partial charge in [0.05, 0.1) is 16.9 Å². The van der Waals surface area contributed by atoms with E-state index >= 15 is 0 Å². The van der Waals surface area contributed by atoms with Crippen LogP contribution in [-0.2, 0) is 13.5 Å². The number of pyridine rings is 1. The lowest BCUT2D eigenvalue weighted by atomic mass is 9.86. The average Bonchev–Trinajstić information content (AvgIpc) is 3.09. The van der Waals surface area contributed by atoms with Gasteiger partial charge in [0.15, 0.2) is 0 Å². The Hall–Kier alpha value is -2.89. The van der Waals surface area contributed by atoms with E-state index in [-0.39, 0.29) is 6.03 Å². The van der Waals surface area contributed by atoms with Gasteiger partial charge in [0.2, 0.25) is 0 Å². The van der Waals surface area contributed by atoms with E-state index in [1.165, 1.54) is 24.8 Å². The predicted molar refractivity (Wildman–Crippen MR) is 112 cm³/mol. The van der Waals surface area contributed by atoms with Gasteiger partial charge >= 0.3 is 6.03 Å². The third-order valence-electron chi connectivity index (χ3n) is 5.52. The first kappa shape index (κ1) is 18.5. The summed E-state index contributed by atoms with van der Waals surface area (Å²) < 4.78 is 1.79. The van der Waals surface area contributed by atoms with E-state index in [2.05, 4.69) is 26.8 Å². The van der Waals surface area contributed by atoms with Crippen LogP contribution >= 0.6 is 0 Å². The van der Waals surface area contributed by atoms with E-state index in [1.807, 2.05) is 43.7 Å². The smallest absolute Gasteiger partial charge is 0.319 e. The van der Waals surface area contributed by atoms with Crippen molar-refractivity contribution < 1.29 is 4.79 Å². The van der Waals surface area contributed by atoms with E-state index < -0.39 is 0 Å². The molecule has 2 N–H and O–H groups in total. The molecule has 0 bridgehead atoms. The van der Waals surface area contributed by atoms with Crippen LogP contribution in [0.15, 0.2) is 42.7 Å². The van der Waals surface area contributed by atoms with Crippen molar-refractivity contribution in [2.24, 2.45) is 7.05 Å². The lowest BCUT2D eigenvalue weighted by Crippen LogP contribution is -2.30. The molecular weight excluding hydrogens is 350 g/mol. The van der Waals surface area contributed by atoms with Gasteiger partial charge in [-0.3, -0.25) is 9.67 Å². The maximum Gasteiger partial charge on any atom is 0.319 e. The van der Waals surface area contributed by atoms with E-state index in [1.54, 1.807) is 4.68 Å². The number of anilines is 1. The molecule has 1 aromatic carbocycles. The van der Waals surface area contributed by atoms with Crippen LogP contribution in [0.2, 0.25) is 0 Å². The van der Waals surface area contributed by atoms with Crippen molar-refractivity contribution in [1.82, 2.24) is 20.1 Å². The molecule has 2 heterocycles. The summed E-state index contributed by atoms with van der Waals surface area (Å²) in [5, 5.41) is 11.7. The molecular formula is C22H27N5O. The van der Waals surface area contributed by atoms with Gasteiger partial charge in [-0.25, -0.2) is 4.79 Å². The number of nitrogens with one attached hydrogen (secondary N) is 2. The maximum atomic E-state index is 12.4. The summed E-state index contributed by atoms with van der Waals surface area (Å²) in [6.45, 7) is 0.568. The minimum atomic E-state index is -0.177. The van der Waals surface area contributed by atoms with Crippen molar-refractivity contribution in [2.75, 3.05) is 11.9 Å². The topological polar surface area (TPSA) is 71.8 Å². The van der Waals surface area contributed by atoms with Crippen LogP contribution < -0.4 is 10.6 Å². The average molecular weight is 377 g/mol. The number of carbonyl (C=O) groups is 1. The van der Waals surface area contributed by atoms with Crippen LogP contribution in [-0.4, -0.2) is 27.3 Å².